The minimum atomic E-state index is 1.06. The van der Waals surface area contributed by atoms with E-state index in [4.69, 9.17) is 4.98 Å². The first-order valence-corrected chi connectivity index (χ1v) is 8.09. The van der Waals surface area contributed by atoms with Crippen LogP contribution >= 0.6 is 11.3 Å². The topological polar surface area (TPSA) is 12.9 Å². The number of allylic oxidation sites excluding steroid dienone is 1. The molecule has 0 saturated heterocycles. The maximum absolute atomic E-state index is 4.82. The van der Waals surface area contributed by atoms with Crippen LogP contribution in [0.1, 0.15) is 12.5 Å². The van der Waals surface area contributed by atoms with E-state index in [1.807, 2.05) is 12.1 Å². The van der Waals surface area contributed by atoms with Crippen LogP contribution in [0.4, 0.5) is 0 Å². The fourth-order valence-corrected chi connectivity index (χ4v) is 3.92. The van der Waals surface area contributed by atoms with Crippen LogP contribution in [0.15, 0.2) is 67.2 Å². The lowest BCUT2D eigenvalue weighted by molar-refractivity contribution is 1.50. The fraction of sp³-hybridized carbons (Fsp3) is 0.0500. The summed E-state index contributed by atoms with van der Waals surface area (Å²) in [5.41, 5.74) is 5.78. The number of hydrogen-bond acceptors (Lipinski definition) is 2. The van der Waals surface area contributed by atoms with E-state index >= 15 is 0 Å². The third-order valence-electron chi connectivity index (χ3n) is 3.88. The van der Waals surface area contributed by atoms with Crippen LogP contribution in [0, 0.1) is 0 Å². The predicted molar refractivity (Wildman–Crippen MR) is 96.4 cm³/mol. The Bertz CT molecular complexity index is 950. The first kappa shape index (κ1) is 13.2. The number of aromatic nitrogens is 1. The second-order valence-electron chi connectivity index (χ2n) is 5.48. The van der Waals surface area contributed by atoms with E-state index in [2.05, 4.69) is 62.0 Å². The van der Waals surface area contributed by atoms with E-state index in [9.17, 15) is 0 Å². The Morgan fingerprint density at radius 1 is 1.00 bits per heavy atom. The number of para-hydroxylation sites is 1. The molecule has 4 rings (SSSR count). The number of hydrogen-bond donors (Lipinski definition) is 0. The maximum Gasteiger partial charge on any atom is 0.125 e. The second kappa shape index (κ2) is 5.08. The lowest BCUT2D eigenvalue weighted by Gasteiger charge is -2.11. The smallest absolute Gasteiger partial charge is 0.125 e. The highest BCUT2D eigenvalue weighted by Crippen LogP contribution is 2.43. The number of rotatable bonds is 2. The molecule has 2 heterocycles. The van der Waals surface area contributed by atoms with Gasteiger partial charge in [-0.3, -0.25) is 0 Å². The van der Waals surface area contributed by atoms with Gasteiger partial charge in [0.05, 0.1) is 5.52 Å². The highest BCUT2D eigenvalue weighted by molar-refractivity contribution is 7.18. The largest absolute Gasteiger partial charge is 0.237 e. The van der Waals surface area contributed by atoms with Crippen molar-refractivity contribution >= 4 is 27.8 Å². The van der Waals surface area contributed by atoms with Crippen molar-refractivity contribution in [2.45, 2.75) is 6.92 Å². The van der Waals surface area contributed by atoms with Gasteiger partial charge in [0.2, 0.25) is 0 Å². The summed E-state index contributed by atoms with van der Waals surface area (Å²) in [7, 11) is 0. The molecule has 0 unspecified atom stereocenters. The van der Waals surface area contributed by atoms with Gasteiger partial charge in [-0.15, -0.1) is 11.3 Å². The molecule has 0 aliphatic carbocycles. The van der Waals surface area contributed by atoms with Gasteiger partial charge >= 0.3 is 0 Å². The van der Waals surface area contributed by atoms with Crippen molar-refractivity contribution in [3.8, 4) is 21.0 Å². The van der Waals surface area contributed by atoms with Crippen LogP contribution in [0.5, 0.6) is 0 Å². The van der Waals surface area contributed by atoms with Crippen molar-refractivity contribution in [1.82, 2.24) is 4.98 Å². The molecule has 0 fully saturated rings. The SMILES string of the molecule is C=C(C)c1cc(-c2ccccc2)sc2nc3ccccc3c1-2. The average molecular weight is 301 g/mol. The van der Waals surface area contributed by atoms with E-state index < -0.39 is 0 Å². The molecule has 1 nitrogen and oxygen atoms in total. The van der Waals surface area contributed by atoms with E-state index in [-0.39, 0.29) is 0 Å². The molecule has 2 heteroatoms. The Morgan fingerprint density at radius 2 is 1.73 bits per heavy atom. The van der Waals surface area contributed by atoms with Gasteiger partial charge in [0, 0.05) is 15.8 Å². The molecular formula is C20H15NS. The summed E-state index contributed by atoms with van der Waals surface area (Å²) in [6.45, 7) is 6.24. The molecule has 0 radical (unpaired) electrons. The maximum atomic E-state index is 4.82. The van der Waals surface area contributed by atoms with Crippen LogP contribution < -0.4 is 0 Å². The van der Waals surface area contributed by atoms with Crippen molar-refractivity contribution in [2.24, 2.45) is 0 Å². The second-order valence-corrected chi connectivity index (χ2v) is 6.51. The summed E-state index contributed by atoms with van der Waals surface area (Å²) in [5, 5.41) is 2.30. The minimum absolute atomic E-state index is 1.06. The van der Waals surface area contributed by atoms with Gasteiger partial charge in [0.25, 0.3) is 0 Å². The van der Waals surface area contributed by atoms with E-state index in [0.29, 0.717) is 0 Å². The summed E-state index contributed by atoms with van der Waals surface area (Å²) in [6.07, 6.45) is 0. The van der Waals surface area contributed by atoms with Gasteiger partial charge in [0.15, 0.2) is 0 Å². The zero-order valence-corrected chi connectivity index (χ0v) is 13.2. The quantitative estimate of drug-likeness (QED) is 0.436. The number of benzene rings is 2. The Hall–Kier alpha value is -2.45. The Balaban J connectivity index is 2.09. The zero-order valence-electron chi connectivity index (χ0n) is 12.3. The zero-order chi connectivity index (χ0) is 15.1. The van der Waals surface area contributed by atoms with E-state index in [1.165, 1.54) is 27.0 Å². The summed E-state index contributed by atoms with van der Waals surface area (Å²) >= 11 is 1.75. The summed E-state index contributed by atoms with van der Waals surface area (Å²) in [5.74, 6) is 0. The van der Waals surface area contributed by atoms with Crippen LogP contribution in [-0.2, 0) is 0 Å². The van der Waals surface area contributed by atoms with E-state index in [0.717, 1.165) is 16.1 Å². The number of nitrogens with zero attached hydrogens (tertiary/aromatic N) is 1. The normalized spacial score (nSPS) is 11.1. The molecule has 2 aliphatic rings. The molecule has 2 aliphatic heterocycles. The van der Waals surface area contributed by atoms with E-state index in [1.54, 1.807) is 11.3 Å². The fourth-order valence-electron chi connectivity index (χ4n) is 2.82. The molecule has 106 valence electrons. The summed E-state index contributed by atoms with van der Waals surface area (Å²) < 4.78 is 0. The van der Waals surface area contributed by atoms with Crippen molar-refractivity contribution in [3.05, 3.63) is 72.8 Å². The molecule has 0 aromatic heterocycles. The van der Waals surface area contributed by atoms with Crippen LogP contribution in [0.3, 0.4) is 0 Å². The molecule has 0 bridgehead atoms. The number of fused-ring (bicyclic) bond motifs is 3. The lowest BCUT2D eigenvalue weighted by atomic mass is 10.0. The minimum Gasteiger partial charge on any atom is -0.237 e. The molecule has 0 saturated carbocycles. The third-order valence-corrected chi connectivity index (χ3v) is 4.94. The molecular weight excluding hydrogens is 286 g/mol. The highest BCUT2D eigenvalue weighted by Gasteiger charge is 2.19. The van der Waals surface area contributed by atoms with Crippen molar-refractivity contribution in [1.29, 1.82) is 0 Å². The predicted octanol–water partition coefficient (Wildman–Crippen LogP) is 6.10. The Morgan fingerprint density at radius 3 is 2.50 bits per heavy atom. The molecule has 0 atom stereocenters. The first-order chi connectivity index (χ1) is 10.7. The highest BCUT2D eigenvalue weighted by atomic mass is 32.1. The Labute approximate surface area is 133 Å². The summed E-state index contributed by atoms with van der Waals surface area (Å²) in [6, 6.07) is 21.0. The monoisotopic (exact) mass is 301 g/mol. The van der Waals surface area contributed by atoms with Crippen molar-refractivity contribution < 1.29 is 0 Å². The van der Waals surface area contributed by atoms with Gasteiger partial charge in [-0.25, -0.2) is 4.98 Å². The lowest BCUT2D eigenvalue weighted by Crippen LogP contribution is -1.87. The molecule has 0 N–H and O–H groups in total. The molecule has 2 aromatic rings. The first-order valence-electron chi connectivity index (χ1n) is 7.27. The van der Waals surface area contributed by atoms with Crippen molar-refractivity contribution in [3.63, 3.8) is 0 Å². The standard InChI is InChI=1S/C20H15NS/c1-13(2)16-12-18(14-8-4-3-5-9-14)22-20-19(16)15-10-6-7-11-17(15)21-20/h3-12H,1H2,2H3. The molecule has 0 amide bonds. The molecule has 2 aromatic carbocycles. The van der Waals surface area contributed by atoms with Crippen molar-refractivity contribution in [2.75, 3.05) is 0 Å². The van der Waals surface area contributed by atoms with Crippen LogP contribution in [0.2, 0.25) is 0 Å². The summed E-state index contributed by atoms with van der Waals surface area (Å²) in [4.78, 5) is 6.05. The Kier molecular flexibility index (Phi) is 3.05. The molecule has 22 heavy (non-hydrogen) atoms. The molecule has 0 spiro atoms. The third kappa shape index (κ3) is 2.04. The van der Waals surface area contributed by atoms with Crippen LogP contribution in [0.25, 0.3) is 37.5 Å². The average Bonchev–Trinajstić information content (AvgIpc) is 2.93. The van der Waals surface area contributed by atoms with Gasteiger partial charge in [-0.1, -0.05) is 60.7 Å². The van der Waals surface area contributed by atoms with Gasteiger partial charge in [-0.05, 0) is 30.2 Å². The van der Waals surface area contributed by atoms with Crippen LogP contribution in [-0.4, -0.2) is 4.98 Å². The van der Waals surface area contributed by atoms with Gasteiger partial charge in [-0.2, -0.15) is 0 Å². The van der Waals surface area contributed by atoms with Gasteiger partial charge < -0.3 is 0 Å². The van der Waals surface area contributed by atoms with Gasteiger partial charge in [0.1, 0.15) is 5.01 Å².